The third-order valence-electron chi connectivity index (χ3n) is 5.28. The summed E-state index contributed by atoms with van der Waals surface area (Å²) in [5.41, 5.74) is -0.231. The van der Waals surface area contributed by atoms with Crippen LogP contribution in [0.5, 0.6) is 5.75 Å². The number of hydrogen-bond donors (Lipinski definition) is 1. The van der Waals surface area contributed by atoms with Gasteiger partial charge >= 0.3 is 5.97 Å². The Balaban J connectivity index is 1.46. The molecule has 138 valence electrons. The predicted molar refractivity (Wildman–Crippen MR) is 96.4 cm³/mol. The van der Waals surface area contributed by atoms with Gasteiger partial charge in [0, 0.05) is 24.5 Å². The monoisotopic (exact) mass is 346 g/mol. The zero-order valence-corrected chi connectivity index (χ0v) is 15.6. The van der Waals surface area contributed by atoms with E-state index in [-0.39, 0.29) is 23.5 Å². The lowest BCUT2D eigenvalue weighted by Gasteiger charge is -2.45. The van der Waals surface area contributed by atoms with Crippen molar-refractivity contribution in [2.24, 2.45) is 5.92 Å². The molecule has 3 rings (SSSR count). The lowest BCUT2D eigenvalue weighted by Crippen LogP contribution is -2.55. The highest BCUT2D eigenvalue weighted by molar-refractivity contribution is 5.73. The quantitative estimate of drug-likeness (QED) is 0.849. The third-order valence-corrected chi connectivity index (χ3v) is 5.28. The van der Waals surface area contributed by atoms with E-state index in [1.165, 1.54) is 0 Å². The summed E-state index contributed by atoms with van der Waals surface area (Å²) in [7, 11) is 0. The van der Waals surface area contributed by atoms with Crippen LogP contribution in [-0.2, 0) is 9.53 Å². The number of nitrogens with zero attached hydrogens (tertiary/aromatic N) is 1. The van der Waals surface area contributed by atoms with Crippen LogP contribution >= 0.6 is 0 Å². The SMILES string of the molecule is CC(C)(C)OC(=O)C1CCC2(CCC(Oc3ccncc3)CC2)NC1. The van der Waals surface area contributed by atoms with Crippen molar-refractivity contribution in [1.82, 2.24) is 10.3 Å². The standard InChI is InChI=1S/C20H30N2O3/c1-19(2,3)25-18(23)15-4-9-20(22-14-15)10-5-16(6-11-20)24-17-7-12-21-13-8-17/h7-8,12-13,15-16,22H,4-6,9-11,14H2,1-3H3. The molecule has 1 atom stereocenters. The number of aromatic nitrogens is 1. The number of nitrogens with one attached hydrogen (secondary N) is 1. The van der Waals surface area contributed by atoms with Crippen LogP contribution in [0.25, 0.3) is 0 Å². The van der Waals surface area contributed by atoms with Crippen molar-refractivity contribution < 1.29 is 14.3 Å². The molecule has 1 N–H and O–H groups in total. The predicted octanol–water partition coefficient (Wildman–Crippen LogP) is 3.48. The Kier molecular flexibility index (Phi) is 5.32. The van der Waals surface area contributed by atoms with Crippen molar-refractivity contribution in [3.63, 3.8) is 0 Å². The van der Waals surface area contributed by atoms with E-state index in [0.29, 0.717) is 0 Å². The van der Waals surface area contributed by atoms with Crippen molar-refractivity contribution >= 4 is 5.97 Å². The number of hydrogen-bond acceptors (Lipinski definition) is 5. The van der Waals surface area contributed by atoms with Crippen LogP contribution in [0.3, 0.4) is 0 Å². The Hall–Kier alpha value is -1.62. The highest BCUT2D eigenvalue weighted by Gasteiger charge is 2.41. The minimum Gasteiger partial charge on any atom is -0.490 e. The fourth-order valence-electron chi connectivity index (χ4n) is 3.86. The summed E-state index contributed by atoms with van der Waals surface area (Å²) in [6, 6.07) is 3.82. The van der Waals surface area contributed by atoms with Crippen LogP contribution in [0.4, 0.5) is 0 Å². The van der Waals surface area contributed by atoms with E-state index in [1.54, 1.807) is 12.4 Å². The molecule has 1 spiro atoms. The molecular formula is C20H30N2O3. The van der Waals surface area contributed by atoms with E-state index in [0.717, 1.165) is 50.8 Å². The third kappa shape index (κ3) is 4.94. The lowest BCUT2D eigenvalue weighted by molar-refractivity contribution is -0.161. The maximum absolute atomic E-state index is 12.3. The summed E-state index contributed by atoms with van der Waals surface area (Å²) in [6.45, 7) is 6.50. The van der Waals surface area contributed by atoms with Gasteiger partial charge < -0.3 is 14.8 Å². The van der Waals surface area contributed by atoms with E-state index >= 15 is 0 Å². The van der Waals surface area contributed by atoms with Crippen LogP contribution in [0.2, 0.25) is 0 Å². The van der Waals surface area contributed by atoms with Gasteiger partial charge in [0.15, 0.2) is 0 Å². The maximum Gasteiger partial charge on any atom is 0.310 e. The molecule has 25 heavy (non-hydrogen) atoms. The largest absolute Gasteiger partial charge is 0.490 e. The first-order valence-electron chi connectivity index (χ1n) is 9.40. The van der Waals surface area contributed by atoms with Gasteiger partial charge in [-0.1, -0.05) is 0 Å². The second-order valence-corrected chi connectivity index (χ2v) is 8.43. The first kappa shape index (κ1) is 18.2. The fourth-order valence-corrected chi connectivity index (χ4v) is 3.86. The Morgan fingerprint density at radius 2 is 1.80 bits per heavy atom. The zero-order chi connectivity index (χ0) is 17.9. The summed E-state index contributed by atoms with van der Waals surface area (Å²) in [4.78, 5) is 16.3. The Labute approximate surface area is 150 Å². The molecule has 1 saturated heterocycles. The number of esters is 1. The average molecular weight is 346 g/mol. The van der Waals surface area contributed by atoms with E-state index in [9.17, 15) is 4.79 Å². The van der Waals surface area contributed by atoms with E-state index < -0.39 is 5.60 Å². The summed E-state index contributed by atoms with van der Waals surface area (Å²) < 4.78 is 11.6. The molecule has 2 heterocycles. The minimum atomic E-state index is -0.408. The molecule has 0 radical (unpaired) electrons. The molecule has 1 unspecified atom stereocenters. The second-order valence-electron chi connectivity index (χ2n) is 8.43. The van der Waals surface area contributed by atoms with Crippen LogP contribution in [0.1, 0.15) is 59.3 Å². The van der Waals surface area contributed by atoms with Gasteiger partial charge in [0.1, 0.15) is 11.4 Å². The van der Waals surface area contributed by atoms with Crippen LogP contribution in [-0.4, -0.2) is 34.7 Å². The minimum absolute atomic E-state index is 0.0179. The first-order chi connectivity index (χ1) is 11.9. The Morgan fingerprint density at radius 3 is 2.36 bits per heavy atom. The Morgan fingerprint density at radius 1 is 1.16 bits per heavy atom. The van der Waals surface area contributed by atoms with Crippen molar-refractivity contribution in [2.75, 3.05) is 6.54 Å². The number of carbonyl (C=O) groups is 1. The second kappa shape index (κ2) is 7.32. The number of piperidine rings is 1. The fraction of sp³-hybridized carbons (Fsp3) is 0.700. The molecule has 0 bridgehead atoms. The van der Waals surface area contributed by atoms with E-state index in [2.05, 4.69) is 10.3 Å². The van der Waals surface area contributed by atoms with Gasteiger partial charge in [0.2, 0.25) is 0 Å². The zero-order valence-electron chi connectivity index (χ0n) is 15.6. The van der Waals surface area contributed by atoms with Crippen molar-refractivity contribution in [3.8, 4) is 5.75 Å². The van der Waals surface area contributed by atoms with Gasteiger partial charge in [-0.05, 0) is 71.4 Å². The number of rotatable bonds is 3. The normalized spacial score (nSPS) is 30.0. The van der Waals surface area contributed by atoms with Crippen LogP contribution in [0.15, 0.2) is 24.5 Å². The summed E-state index contributed by atoms with van der Waals surface area (Å²) in [6.07, 6.45) is 10.1. The number of carbonyl (C=O) groups excluding carboxylic acids is 1. The van der Waals surface area contributed by atoms with Crippen LogP contribution in [0, 0.1) is 5.92 Å². The van der Waals surface area contributed by atoms with Crippen LogP contribution < -0.4 is 10.1 Å². The molecule has 5 heteroatoms. The topological polar surface area (TPSA) is 60.5 Å². The maximum atomic E-state index is 12.3. The lowest BCUT2D eigenvalue weighted by atomic mass is 9.73. The van der Waals surface area contributed by atoms with E-state index in [1.807, 2.05) is 32.9 Å². The van der Waals surface area contributed by atoms with Gasteiger partial charge in [-0.15, -0.1) is 0 Å². The summed E-state index contributed by atoms with van der Waals surface area (Å²) in [5, 5.41) is 3.67. The molecule has 1 aromatic heterocycles. The summed E-state index contributed by atoms with van der Waals surface area (Å²) in [5.74, 6) is 0.817. The van der Waals surface area contributed by atoms with Gasteiger partial charge in [0.25, 0.3) is 0 Å². The molecule has 1 saturated carbocycles. The molecular weight excluding hydrogens is 316 g/mol. The average Bonchev–Trinajstić information content (AvgIpc) is 2.57. The van der Waals surface area contributed by atoms with Crippen molar-refractivity contribution in [3.05, 3.63) is 24.5 Å². The van der Waals surface area contributed by atoms with Gasteiger partial charge in [-0.2, -0.15) is 0 Å². The Bertz CT molecular complexity index is 564. The van der Waals surface area contributed by atoms with Crippen molar-refractivity contribution in [1.29, 1.82) is 0 Å². The molecule has 0 aromatic carbocycles. The molecule has 2 aliphatic rings. The summed E-state index contributed by atoms with van der Waals surface area (Å²) >= 11 is 0. The highest BCUT2D eigenvalue weighted by Crippen LogP contribution is 2.37. The van der Waals surface area contributed by atoms with E-state index in [4.69, 9.17) is 9.47 Å². The molecule has 2 fully saturated rings. The molecule has 0 amide bonds. The van der Waals surface area contributed by atoms with Crippen molar-refractivity contribution in [2.45, 2.75) is 76.5 Å². The molecule has 1 aromatic rings. The first-order valence-corrected chi connectivity index (χ1v) is 9.40. The highest BCUT2D eigenvalue weighted by atomic mass is 16.6. The van der Waals surface area contributed by atoms with Gasteiger partial charge in [-0.3, -0.25) is 9.78 Å². The number of pyridine rings is 1. The molecule has 1 aliphatic heterocycles. The number of ether oxygens (including phenoxy) is 2. The molecule has 1 aliphatic carbocycles. The van der Waals surface area contributed by atoms with Gasteiger partial charge in [-0.25, -0.2) is 0 Å². The van der Waals surface area contributed by atoms with Gasteiger partial charge in [0.05, 0.1) is 12.0 Å². The smallest absolute Gasteiger partial charge is 0.310 e. The molecule has 5 nitrogen and oxygen atoms in total.